The van der Waals surface area contributed by atoms with Crippen LogP contribution in [0.4, 0.5) is 9.18 Å². The minimum absolute atomic E-state index is 0.289. The zero-order valence-electron chi connectivity index (χ0n) is 11.9. The van der Waals surface area contributed by atoms with Crippen LogP contribution in [0.15, 0.2) is 22.7 Å². The molecule has 8 heteroatoms. The van der Waals surface area contributed by atoms with Crippen molar-refractivity contribution in [3.8, 4) is 0 Å². The summed E-state index contributed by atoms with van der Waals surface area (Å²) in [4.78, 5) is 34.3. The fourth-order valence-electron chi connectivity index (χ4n) is 1.45. The van der Waals surface area contributed by atoms with E-state index in [9.17, 15) is 18.8 Å². The Kier molecular flexibility index (Phi) is 7.51. The van der Waals surface area contributed by atoms with Gasteiger partial charge in [0.15, 0.2) is 6.61 Å². The van der Waals surface area contributed by atoms with Crippen LogP contribution in [0, 0.1) is 5.82 Å². The van der Waals surface area contributed by atoms with E-state index in [0.29, 0.717) is 11.0 Å². The molecule has 1 aromatic carbocycles. The van der Waals surface area contributed by atoms with Crippen LogP contribution in [-0.2, 0) is 9.53 Å². The van der Waals surface area contributed by atoms with Crippen molar-refractivity contribution in [2.45, 2.75) is 19.8 Å². The van der Waals surface area contributed by atoms with E-state index in [1.165, 1.54) is 12.1 Å². The molecular formula is C14H16BrFN2O4. The number of ether oxygens (including phenoxy) is 1. The van der Waals surface area contributed by atoms with Gasteiger partial charge in [-0.05, 0) is 24.6 Å². The number of carbonyl (C=O) groups excluding carboxylic acids is 3. The van der Waals surface area contributed by atoms with Crippen LogP contribution >= 0.6 is 15.9 Å². The van der Waals surface area contributed by atoms with Gasteiger partial charge in [-0.2, -0.15) is 0 Å². The average molecular weight is 375 g/mol. The summed E-state index contributed by atoms with van der Waals surface area (Å²) in [5.41, 5.74) is -0.289. The van der Waals surface area contributed by atoms with Gasteiger partial charge < -0.3 is 10.1 Å². The van der Waals surface area contributed by atoms with Crippen LogP contribution < -0.4 is 10.6 Å². The van der Waals surface area contributed by atoms with E-state index >= 15 is 0 Å². The molecule has 3 amide bonds. The van der Waals surface area contributed by atoms with Crippen LogP contribution in [-0.4, -0.2) is 31.1 Å². The number of halogens is 2. The molecule has 0 aromatic heterocycles. The van der Waals surface area contributed by atoms with Crippen molar-refractivity contribution < 1.29 is 23.5 Å². The Balaban J connectivity index is 2.40. The first-order chi connectivity index (χ1) is 10.4. The molecule has 6 nitrogen and oxygen atoms in total. The van der Waals surface area contributed by atoms with Gasteiger partial charge in [0, 0.05) is 11.0 Å². The van der Waals surface area contributed by atoms with Crippen LogP contribution in [0.2, 0.25) is 0 Å². The molecule has 0 aliphatic heterocycles. The van der Waals surface area contributed by atoms with Crippen LogP contribution in [0.25, 0.3) is 0 Å². The largest absolute Gasteiger partial charge is 0.452 e. The van der Waals surface area contributed by atoms with Crippen molar-refractivity contribution >= 4 is 33.8 Å². The van der Waals surface area contributed by atoms with Gasteiger partial charge in [0.1, 0.15) is 5.82 Å². The number of urea groups is 1. The van der Waals surface area contributed by atoms with E-state index in [1.54, 1.807) is 0 Å². The molecule has 0 radical (unpaired) electrons. The molecule has 2 N–H and O–H groups in total. The first kappa shape index (κ1) is 18.1. The Hall–Kier alpha value is -1.96. The number of unbranched alkanes of at least 4 members (excludes halogenated alkanes) is 1. The Morgan fingerprint density at radius 2 is 2.05 bits per heavy atom. The highest BCUT2D eigenvalue weighted by molar-refractivity contribution is 9.10. The number of hydrogen-bond acceptors (Lipinski definition) is 4. The maximum Gasteiger partial charge on any atom is 0.341 e. The summed E-state index contributed by atoms with van der Waals surface area (Å²) in [7, 11) is 0. The van der Waals surface area contributed by atoms with Crippen molar-refractivity contribution in [2.75, 3.05) is 13.2 Å². The molecule has 120 valence electrons. The summed E-state index contributed by atoms with van der Waals surface area (Å²) in [6, 6.07) is 3.15. The van der Waals surface area contributed by atoms with E-state index in [0.717, 1.165) is 18.9 Å². The Labute approximate surface area is 135 Å². The van der Waals surface area contributed by atoms with Crippen LogP contribution in [0.5, 0.6) is 0 Å². The molecule has 0 fully saturated rings. The summed E-state index contributed by atoms with van der Waals surface area (Å²) in [6.45, 7) is 1.74. The first-order valence-corrected chi connectivity index (χ1v) is 7.43. The number of hydrogen-bond donors (Lipinski definition) is 2. The lowest BCUT2D eigenvalue weighted by Gasteiger charge is -2.07. The lowest BCUT2D eigenvalue weighted by Crippen LogP contribution is -2.41. The lowest BCUT2D eigenvalue weighted by atomic mass is 10.2. The summed E-state index contributed by atoms with van der Waals surface area (Å²) >= 11 is 3.06. The fraction of sp³-hybridized carbons (Fsp3) is 0.357. The quantitative estimate of drug-likeness (QED) is 0.591. The van der Waals surface area contributed by atoms with Crippen molar-refractivity contribution in [1.29, 1.82) is 0 Å². The van der Waals surface area contributed by atoms with Gasteiger partial charge in [0.25, 0.3) is 5.91 Å². The van der Waals surface area contributed by atoms with E-state index < -0.39 is 30.3 Å². The zero-order chi connectivity index (χ0) is 16.5. The molecule has 0 unspecified atom stereocenters. The molecular weight excluding hydrogens is 359 g/mol. The Bertz CT molecular complexity index is 566. The number of nitrogens with one attached hydrogen (secondary N) is 2. The lowest BCUT2D eigenvalue weighted by molar-refractivity contribution is -0.123. The minimum Gasteiger partial charge on any atom is -0.452 e. The van der Waals surface area contributed by atoms with Crippen molar-refractivity contribution in [2.24, 2.45) is 0 Å². The maximum absolute atomic E-state index is 13.5. The van der Waals surface area contributed by atoms with Gasteiger partial charge >= 0.3 is 12.0 Å². The molecule has 1 aromatic rings. The van der Waals surface area contributed by atoms with Gasteiger partial charge in [-0.15, -0.1) is 0 Å². The number of esters is 1. The average Bonchev–Trinajstić information content (AvgIpc) is 2.45. The minimum atomic E-state index is -0.980. The normalized spacial score (nSPS) is 9.95. The summed E-state index contributed by atoms with van der Waals surface area (Å²) in [5, 5.41) is 4.47. The van der Waals surface area contributed by atoms with Crippen LogP contribution in [0.3, 0.4) is 0 Å². The third-order valence-electron chi connectivity index (χ3n) is 2.55. The predicted molar refractivity (Wildman–Crippen MR) is 80.8 cm³/mol. The van der Waals surface area contributed by atoms with E-state index in [4.69, 9.17) is 0 Å². The van der Waals surface area contributed by atoms with Gasteiger partial charge in [-0.3, -0.25) is 10.1 Å². The van der Waals surface area contributed by atoms with Gasteiger partial charge in [0.2, 0.25) is 0 Å². The molecule has 1 rings (SSSR count). The number of amides is 3. The maximum atomic E-state index is 13.5. The van der Waals surface area contributed by atoms with E-state index in [-0.39, 0.29) is 5.56 Å². The van der Waals surface area contributed by atoms with Crippen LogP contribution in [0.1, 0.15) is 30.1 Å². The zero-order valence-corrected chi connectivity index (χ0v) is 13.5. The Morgan fingerprint density at radius 1 is 1.32 bits per heavy atom. The van der Waals surface area contributed by atoms with Gasteiger partial charge in [0.05, 0.1) is 5.56 Å². The third kappa shape index (κ3) is 6.21. The van der Waals surface area contributed by atoms with Gasteiger partial charge in [-0.1, -0.05) is 29.3 Å². The molecule has 0 spiro atoms. The van der Waals surface area contributed by atoms with Crippen molar-refractivity contribution in [3.05, 3.63) is 34.1 Å². The van der Waals surface area contributed by atoms with Crippen molar-refractivity contribution in [3.63, 3.8) is 0 Å². The highest BCUT2D eigenvalue weighted by atomic mass is 79.9. The number of carbonyl (C=O) groups is 3. The first-order valence-electron chi connectivity index (χ1n) is 6.64. The summed E-state index contributed by atoms with van der Waals surface area (Å²) in [6.07, 6.45) is 1.70. The topological polar surface area (TPSA) is 84.5 Å². The highest BCUT2D eigenvalue weighted by Crippen LogP contribution is 2.15. The second kappa shape index (κ2) is 9.14. The fourth-order valence-corrected chi connectivity index (χ4v) is 1.78. The van der Waals surface area contributed by atoms with Gasteiger partial charge in [-0.25, -0.2) is 14.0 Å². The Morgan fingerprint density at radius 3 is 2.68 bits per heavy atom. The van der Waals surface area contributed by atoms with E-state index in [2.05, 4.69) is 26.0 Å². The summed E-state index contributed by atoms with van der Waals surface area (Å²) in [5.74, 6) is -2.54. The second-order valence-corrected chi connectivity index (χ2v) is 5.27. The number of rotatable bonds is 6. The predicted octanol–water partition coefficient (Wildman–Crippen LogP) is 2.37. The number of benzene rings is 1. The SMILES string of the molecule is CCCCNC(=O)NC(=O)COC(=O)c1ccc(Br)cc1F. The number of imide groups is 1. The smallest absolute Gasteiger partial charge is 0.341 e. The highest BCUT2D eigenvalue weighted by Gasteiger charge is 2.16. The molecule has 0 saturated heterocycles. The van der Waals surface area contributed by atoms with Crippen molar-refractivity contribution in [1.82, 2.24) is 10.6 Å². The molecule has 0 saturated carbocycles. The molecule has 0 heterocycles. The van der Waals surface area contributed by atoms with E-state index in [1.807, 2.05) is 12.2 Å². The second-order valence-electron chi connectivity index (χ2n) is 4.36. The monoisotopic (exact) mass is 374 g/mol. The standard InChI is InChI=1S/C14H16BrFN2O4/c1-2-3-6-17-14(21)18-12(19)8-22-13(20)10-5-4-9(15)7-11(10)16/h4-5,7H,2-3,6,8H2,1H3,(H2,17,18,19,21). The molecule has 0 atom stereocenters. The molecule has 22 heavy (non-hydrogen) atoms. The molecule has 0 aliphatic carbocycles. The summed E-state index contributed by atoms with van der Waals surface area (Å²) < 4.78 is 18.6. The third-order valence-corrected chi connectivity index (χ3v) is 3.05. The molecule has 0 aliphatic rings. The molecule has 0 bridgehead atoms.